The first-order chi connectivity index (χ1) is 6.40. The van der Waals surface area contributed by atoms with Gasteiger partial charge < -0.3 is 0 Å². The predicted molar refractivity (Wildman–Crippen MR) is 77.0 cm³/mol. The van der Waals surface area contributed by atoms with Gasteiger partial charge >= 0.3 is 7.71 Å². The van der Waals surface area contributed by atoms with Crippen LogP contribution in [0, 0.1) is 0 Å². The van der Waals surface area contributed by atoms with Gasteiger partial charge in [0.25, 0.3) is 0 Å². The molecule has 0 aromatic rings. The van der Waals surface area contributed by atoms with Gasteiger partial charge in [-0.25, -0.2) is 4.34 Å². The van der Waals surface area contributed by atoms with Gasteiger partial charge in [0.05, 0.1) is 0 Å². The minimum Gasteiger partial charge on any atom is -0.276 e. The first kappa shape index (κ1) is 14.4. The largest absolute Gasteiger partial charge is 0.309 e. The molecule has 1 aliphatic rings. The summed E-state index contributed by atoms with van der Waals surface area (Å²) in [7, 11) is -4.00. The highest BCUT2D eigenvalue weighted by Crippen LogP contribution is 2.69. The lowest BCUT2D eigenvalue weighted by molar-refractivity contribution is 0.339. The molecular weight excluding hydrogens is 282 g/mol. The summed E-state index contributed by atoms with van der Waals surface area (Å²) in [6.45, 7) is 15.7. The van der Waals surface area contributed by atoms with Gasteiger partial charge in [0.15, 0.2) is 0 Å². The molecule has 0 spiro atoms. The molecule has 15 heavy (non-hydrogen) atoms. The van der Waals surface area contributed by atoms with Crippen molar-refractivity contribution >= 4 is 45.8 Å². The van der Waals surface area contributed by atoms with Crippen molar-refractivity contribution in [1.29, 1.82) is 0 Å². The number of halogens is 2. The van der Waals surface area contributed by atoms with Gasteiger partial charge in [0.2, 0.25) is 0 Å². The second-order valence-corrected chi connectivity index (χ2v) is 19.5. The molecule has 1 heterocycles. The van der Waals surface area contributed by atoms with Gasteiger partial charge in [-0.1, -0.05) is 30.9 Å². The summed E-state index contributed by atoms with van der Waals surface area (Å²) < 4.78 is 4.82. The fourth-order valence-corrected chi connectivity index (χ4v) is 25.5. The lowest BCUT2D eigenvalue weighted by Crippen LogP contribution is -2.76. The van der Waals surface area contributed by atoms with E-state index in [2.05, 4.69) is 55.3 Å². The third-order valence-electron chi connectivity index (χ3n) is 2.37. The summed E-state index contributed by atoms with van der Waals surface area (Å²) in [5.74, 6) is 0. The lowest BCUT2D eigenvalue weighted by atomic mass is 10.1. The summed E-state index contributed by atoms with van der Waals surface area (Å²) in [4.78, 5) is 0. The Hall–Kier alpha value is 1.36. The Labute approximate surface area is 107 Å². The minimum atomic E-state index is -1.95. The van der Waals surface area contributed by atoms with Crippen molar-refractivity contribution in [2.45, 2.75) is 52.5 Å². The van der Waals surface area contributed by atoms with E-state index in [4.69, 9.17) is 22.3 Å². The minimum absolute atomic E-state index is 0.0896. The molecule has 0 saturated carbocycles. The molecule has 0 amide bonds. The van der Waals surface area contributed by atoms with Crippen LogP contribution in [0.15, 0.2) is 0 Å². The maximum atomic E-state index is 6.76. The van der Waals surface area contributed by atoms with Crippen LogP contribution in [0.2, 0.25) is 26.2 Å². The van der Waals surface area contributed by atoms with Gasteiger partial charge in [0.1, 0.15) is 15.8 Å². The zero-order chi connectivity index (χ0) is 12.2. The van der Waals surface area contributed by atoms with Crippen molar-refractivity contribution in [1.82, 2.24) is 8.34 Å². The maximum absolute atomic E-state index is 6.76. The first-order valence-electron chi connectivity index (χ1n) is 5.15. The highest BCUT2D eigenvalue weighted by atomic mass is 35.7. The Kier molecular flexibility index (Phi) is 3.79. The van der Waals surface area contributed by atoms with Crippen LogP contribution in [-0.2, 0) is 0 Å². The molecule has 7 heteroatoms. The van der Waals surface area contributed by atoms with Gasteiger partial charge in [-0.15, -0.1) is 11.1 Å². The Balaban J connectivity index is 2.96. The second kappa shape index (κ2) is 3.94. The van der Waals surface area contributed by atoms with E-state index in [1.165, 1.54) is 0 Å². The van der Waals surface area contributed by atoms with E-state index in [-0.39, 0.29) is 5.54 Å². The molecule has 0 radical (unpaired) electrons. The summed E-state index contributed by atoms with van der Waals surface area (Å²) in [5.41, 5.74) is 0.0896. The molecule has 1 saturated heterocycles. The highest BCUT2D eigenvalue weighted by Gasteiger charge is 2.64. The molecule has 0 aromatic heterocycles. The van der Waals surface area contributed by atoms with E-state index in [0.717, 1.165) is 0 Å². The second-order valence-electron chi connectivity index (χ2n) is 6.11. The Morgan fingerprint density at radius 1 is 1.20 bits per heavy atom. The maximum Gasteiger partial charge on any atom is 0.309 e. The third-order valence-corrected chi connectivity index (χ3v) is 20.5. The van der Waals surface area contributed by atoms with E-state index >= 15 is 0 Å². The van der Waals surface area contributed by atoms with Crippen molar-refractivity contribution < 1.29 is 0 Å². The summed E-state index contributed by atoms with van der Waals surface area (Å²) >= 11 is 13.3. The molecule has 1 rings (SSSR count). The standard InChI is InChI=1S/C8H21Cl2N2PSi2/c1-8(2,3)11-13(9)12(14(4,5)6)15(11,7)10/h1-7H3. The van der Waals surface area contributed by atoms with Gasteiger partial charge in [-0.3, -0.25) is 4.00 Å². The van der Waals surface area contributed by atoms with Crippen LogP contribution >= 0.6 is 29.9 Å². The summed E-state index contributed by atoms with van der Waals surface area (Å²) in [6.07, 6.45) is 0. The number of rotatable bonds is 1. The van der Waals surface area contributed by atoms with Gasteiger partial charge in [-0.2, -0.15) is 0 Å². The van der Waals surface area contributed by atoms with Crippen molar-refractivity contribution in [3.05, 3.63) is 0 Å². The molecule has 2 atom stereocenters. The van der Waals surface area contributed by atoms with E-state index in [9.17, 15) is 0 Å². The molecule has 1 aliphatic heterocycles. The quantitative estimate of drug-likeness (QED) is 0.399. The number of hydrogen-bond donors (Lipinski definition) is 0. The van der Waals surface area contributed by atoms with E-state index < -0.39 is 23.5 Å². The summed E-state index contributed by atoms with van der Waals surface area (Å²) in [5, 5.41) is 0. The topological polar surface area (TPSA) is 6.48 Å². The Morgan fingerprint density at radius 3 is 1.80 bits per heavy atom. The molecule has 1 fully saturated rings. The third kappa shape index (κ3) is 2.46. The number of nitrogens with zero attached hydrogens (tertiary/aromatic N) is 2. The highest BCUT2D eigenvalue weighted by molar-refractivity contribution is 7.89. The molecule has 2 nitrogen and oxygen atoms in total. The fourth-order valence-electron chi connectivity index (χ4n) is 2.16. The zero-order valence-corrected chi connectivity index (χ0v) is 15.0. The van der Waals surface area contributed by atoms with Gasteiger partial charge in [-0.05, 0) is 27.3 Å². The van der Waals surface area contributed by atoms with Gasteiger partial charge in [0, 0.05) is 5.54 Å². The van der Waals surface area contributed by atoms with Crippen molar-refractivity contribution in [2.24, 2.45) is 0 Å². The predicted octanol–water partition coefficient (Wildman–Crippen LogP) is 4.51. The van der Waals surface area contributed by atoms with Crippen molar-refractivity contribution in [3.8, 4) is 0 Å². The van der Waals surface area contributed by atoms with E-state index in [1.54, 1.807) is 0 Å². The Bertz CT molecular complexity index is 238. The Morgan fingerprint density at radius 2 is 1.60 bits per heavy atom. The lowest BCUT2D eigenvalue weighted by Gasteiger charge is -2.65. The van der Waals surface area contributed by atoms with Crippen LogP contribution in [0.5, 0.6) is 0 Å². The van der Waals surface area contributed by atoms with Crippen LogP contribution in [0.25, 0.3) is 0 Å². The molecule has 0 N–H and O–H groups in total. The number of hydrogen-bond acceptors (Lipinski definition) is 2. The average Bonchev–Trinajstić information content (AvgIpc) is 1.74. The summed E-state index contributed by atoms with van der Waals surface area (Å²) in [6, 6.07) is 0. The van der Waals surface area contributed by atoms with Crippen LogP contribution < -0.4 is 0 Å². The molecule has 0 aromatic carbocycles. The fraction of sp³-hybridized carbons (Fsp3) is 1.00. The van der Waals surface area contributed by atoms with Crippen LogP contribution in [0.1, 0.15) is 20.8 Å². The normalized spacial score (nSPS) is 35.4. The molecular formula is C8H21Cl2N2PSi2. The van der Waals surface area contributed by atoms with Crippen molar-refractivity contribution in [2.75, 3.05) is 0 Å². The molecule has 0 bridgehead atoms. The van der Waals surface area contributed by atoms with Crippen LogP contribution in [0.4, 0.5) is 0 Å². The molecule has 2 unspecified atom stereocenters. The van der Waals surface area contributed by atoms with Crippen LogP contribution in [0.3, 0.4) is 0 Å². The van der Waals surface area contributed by atoms with E-state index in [0.29, 0.717) is 0 Å². The molecule has 0 aliphatic carbocycles. The van der Waals surface area contributed by atoms with E-state index in [1.807, 2.05) is 0 Å². The zero-order valence-electron chi connectivity index (χ0n) is 10.6. The SMILES string of the molecule is CC(C)(C)N1P(Cl)N([Si](C)(C)C)[Si]1(C)Cl. The average molecular weight is 303 g/mol. The first-order valence-corrected chi connectivity index (χ1v) is 14.2. The van der Waals surface area contributed by atoms with Crippen LogP contribution in [-0.4, -0.2) is 29.8 Å². The monoisotopic (exact) mass is 302 g/mol. The van der Waals surface area contributed by atoms with Crippen molar-refractivity contribution in [3.63, 3.8) is 0 Å². The smallest absolute Gasteiger partial charge is 0.276 e. The molecule has 90 valence electrons.